The van der Waals surface area contributed by atoms with Crippen molar-refractivity contribution in [3.05, 3.63) is 0 Å². The van der Waals surface area contributed by atoms with Gasteiger partial charge in [-0.3, -0.25) is 0 Å². The summed E-state index contributed by atoms with van der Waals surface area (Å²) in [6.07, 6.45) is 0. The molecule has 0 unspecified atom stereocenters. The van der Waals surface area contributed by atoms with Gasteiger partial charge in [0, 0.05) is 19.9 Å². The molecule has 0 aromatic rings. The van der Waals surface area contributed by atoms with Crippen molar-refractivity contribution in [2.24, 2.45) is 0 Å². The Labute approximate surface area is 37.1 Å². The summed E-state index contributed by atoms with van der Waals surface area (Å²) in [5, 5.41) is 0. The standard InChI is InChI=1S/CH4NS2/c1-2(3)4/h3H,1H3. The summed E-state index contributed by atoms with van der Waals surface area (Å²) in [5.41, 5.74) is 0. The summed E-state index contributed by atoms with van der Waals surface area (Å²) < 4.78 is 1.28. The summed E-state index contributed by atoms with van der Waals surface area (Å²) in [7, 11) is 1.68. The fourth-order valence-electron chi connectivity index (χ4n) is 0. The highest BCUT2D eigenvalue weighted by Gasteiger charge is 1.63. The van der Waals surface area contributed by atoms with Crippen LogP contribution in [0.5, 0.6) is 0 Å². The van der Waals surface area contributed by atoms with E-state index in [2.05, 4.69) is 25.6 Å². The molecule has 3 heteroatoms. The highest BCUT2D eigenvalue weighted by atomic mass is 32.2. The topological polar surface area (TPSA) is 3.24 Å². The van der Waals surface area contributed by atoms with Crippen LogP contribution in [0.1, 0.15) is 0 Å². The second kappa shape index (κ2) is 1.93. The normalized spacial score (nSPS) is 9.00. The van der Waals surface area contributed by atoms with Crippen molar-refractivity contribution in [3.63, 3.8) is 0 Å². The first-order chi connectivity index (χ1) is 1.73. The van der Waals surface area contributed by atoms with Crippen molar-refractivity contribution < 1.29 is 0 Å². The third kappa shape index (κ3) is 16.8. The van der Waals surface area contributed by atoms with Crippen LogP contribution < -0.4 is 0 Å². The van der Waals surface area contributed by atoms with Crippen molar-refractivity contribution in [1.29, 1.82) is 0 Å². The molecule has 0 heterocycles. The third-order valence-electron chi connectivity index (χ3n) is 0. The maximum Gasteiger partial charge on any atom is 0.0196 e. The predicted octanol–water partition coefficient (Wildman–Crippen LogP) is 0.875. The van der Waals surface area contributed by atoms with Gasteiger partial charge in [0.25, 0.3) is 0 Å². The van der Waals surface area contributed by atoms with E-state index in [0.29, 0.717) is 0 Å². The Balaban J connectivity index is 2.32. The molecule has 0 amide bonds. The lowest BCUT2D eigenvalue weighted by atomic mass is 11.6. The van der Waals surface area contributed by atoms with Crippen LogP contribution in [0.2, 0.25) is 0 Å². The van der Waals surface area contributed by atoms with Crippen molar-refractivity contribution in [3.8, 4) is 0 Å². The molecule has 4 heavy (non-hydrogen) atoms. The molecule has 0 spiro atoms. The summed E-state index contributed by atoms with van der Waals surface area (Å²) in [5.74, 6) is 0. The Morgan fingerprint density at radius 2 is 2.00 bits per heavy atom. The molecule has 1 radical (unpaired) electrons. The van der Waals surface area contributed by atoms with Gasteiger partial charge >= 0.3 is 0 Å². The van der Waals surface area contributed by atoms with Gasteiger partial charge in [-0.2, -0.15) is 3.71 Å². The van der Waals surface area contributed by atoms with E-state index in [1.807, 2.05) is 0 Å². The zero-order valence-electron chi connectivity index (χ0n) is 2.30. The van der Waals surface area contributed by atoms with Gasteiger partial charge in [-0.1, -0.05) is 12.8 Å². The lowest BCUT2D eigenvalue weighted by Crippen LogP contribution is -1.78. The molecule has 0 aromatic carbocycles. The van der Waals surface area contributed by atoms with Crippen LogP contribution in [0, 0.1) is 0 Å². The van der Waals surface area contributed by atoms with Crippen LogP contribution in [0.25, 0.3) is 0 Å². The van der Waals surface area contributed by atoms with Crippen LogP contribution >= 0.6 is 25.6 Å². The molecule has 0 bridgehead atoms. The minimum absolute atomic E-state index is 1.28. The first-order valence-corrected chi connectivity index (χ1v) is 1.59. The van der Waals surface area contributed by atoms with Crippen LogP contribution in [0.3, 0.4) is 0 Å². The van der Waals surface area contributed by atoms with Crippen molar-refractivity contribution in [2.75, 3.05) is 7.05 Å². The fraction of sp³-hybridized carbons (Fsp3) is 1.00. The van der Waals surface area contributed by atoms with Crippen molar-refractivity contribution in [1.82, 2.24) is 3.71 Å². The van der Waals surface area contributed by atoms with E-state index in [4.69, 9.17) is 0 Å². The molecule has 0 atom stereocenters. The third-order valence-corrected chi connectivity index (χ3v) is 0. The molecule has 0 aliphatic rings. The zero-order chi connectivity index (χ0) is 3.58. The maximum absolute atomic E-state index is 4.32. The number of hydrogen-bond acceptors (Lipinski definition) is 2. The monoisotopic (exact) mass is 94.0 g/mol. The molecule has 1 nitrogen and oxygen atoms in total. The highest BCUT2D eigenvalue weighted by molar-refractivity contribution is 7.93. The van der Waals surface area contributed by atoms with E-state index >= 15 is 0 Å². The van der Waals surface area contributed by atoms with Gasteiger partial charge in [0.15, 0.2) is 0 Å². The largest absolute Gasteiger partial charge is 0.190 e. The molecule has 0 rings (SSSR count). The van der Waals surface area contributed by atoms with E-state index < -0.39 is 0 Å². The Kier molecular flexibility index (Phi) is 2.25. The van der Waals surface area contributed by atoms with Crippen LogP contribution in [0.4, 0.5) is 0 Å². The molecule has 0 aliphatic carbocycles. The quantitative estimate of drug-likeness (QED) is 0.436. The summed E-state index contributed by atoms with van der Waals surface area (Å²) in [4.78, 5) is 0. The maximum atomic E-state index is 4.32. The molecular formula is CH4NS2. The first-order valence-electron chi connectivity index (χ1n) is 0.830. The molecular weight excluding hydrogens is 90.2 g/mol. The summed E-state index contributed by atoms with van der Waals surface area (Å²) in [6.45, 7) is 0. The lowest BCUT2D eigenvalue weighted by Gasteiger charge is -1.84. The highest BCUT2D eigenvalue weighted by Crippen LogP contribution is 1.84. The number of hydrogen-bond donors (Lipinski definition) is 1. The van der Waals surface area contributed by atoms with Crippen LogP contribution in [0.15, 0.2) is 0 Å². The van der Waals surface area contributed by atoms with Gasteiger partial charge in [0.05, 0.1) is 0 Å². The van der Waals surface area contributed by atoms with Crippen LogP contribution in [-0.4, -0.2) is 10.8 Å². The minimum atomic E-state index is 1.28. The molecule has 0 fully saturated rings. The number of nitrogens with zero attached hydrogens (tertiary/aromatic N) is 1. The fourth-order valence-corrected chi connectivity index (χ4v) is 0. The van der Waals surface area contributed by atoms with Gasteiger partial charge in [-0.25, -0.2) is 0 Å². The SMILES string of the molecule is CN([S])S. The molecule has 0 aromatic heterocycles. The lowest BCUT2D eigenvalue weighted by molar-refractivity contribution is 0.975. The second-order valence-electron chi connectivity index (χ2n) is 0.464. The van der Waals surface area contributed by atoms with Gasteiger partial charge < -0.3 is 0 Å². The molecule has 0 saturated carbocycles. The summed E-state index contributed by atoms with van der Waals surface area (Å²) in [6, 6.07) is 0. The van der Waals surface area contributed by atoms with Gasteiger partial charge in [-0.05, 0) is 0 Å². The molecule has 0 saturated heterocycles. The Bertz CT molecular complexity index is 10.8. The predicted molar refractivity (Wildman–Crippen MR) is 24.3 cm³/mol. The number of thiol groups is 1. The average molecular weight is 94.2 g/mol. The Morgan fingerprint density at radius 3 is 2.00 bits per heavy atom. The van der Waals surface area contributed by atoms with E-state index in [1.165, 1.54) is 3.71 Å². The van der Waals surface area contributed by atoms with Crippen molar-refractivity contribution in [2.45, 2.75) is 0 Å². The van der Waals surface area contributed by atoms with E-state index in [1.54, 1.807) is 7.05 Å². The summed E-state index contributed by atoms with van der Waals surface area (Å²) >= 11 is 7.93. The number of rotatable bonds is 0. The molecule has 25 valence electrons. The smallest absolute Gasteiger partial charge is 0.0196 e. The Hall–Kier alpha value is 0.660. The van der Waals surface area contributed by atoms with E-state index in [9.17, 15) is 0 Å². The van der Waals surface area contributed by atoms with Gasteiger partial charge in [-0.15, -0.1) is 0 Å². The van der Waals surface area contributed by atoms with Crippen LogP contribution in [-0.2, 0) is 0 Å². The van der Waals surface area contributed by atoms with Gasteiger partial charge in [0.1, 0.15) is 0 Å². The first kappa shape index (κ1) is 4.66. The molecule has 0 aliphatic heterocycles. The molecule has 0 N–H and O–H groups in total. The Morgan fingerprint density at radius 1 is 2.00 bits per heavy atom. The second-order valence-corrected chi connectivity index (χ2v) is 1.88. The average Bonchev–Trinajstić information content (AvgIpc) is 0.811. The van der Waals surface area contributed by atoms with Gasteiger partial charge in [0.2, 0.25) is 0 Å². The minimum Gasteiger partial charge on any atom is -0.190 e. The van der Waals surface area contributed by atoms with E-state index in [0.717, 1.165) is 0 Å². The zero-order valence-corrected chi connectivity index (χ0v) is 4.01. The van der Waals surface area contributed by atoms with Crippen molar-refractivity contribution >= 4 is 25.6 Å². The van der Waals surface area contributed by atoms with E-state index in [-0.39, 0.29) is 0 Å².